The fraction of sp³-hybridized carbons (Fsp3) is 0.385. The highest BCUT2D eigenvalue weighted by molar-refractivity contribution is 5.57. The van der Waals surface area contributed by atoms with E-state index in [4.69, 9.17) is 4.74 Å². The molecule has 1 atom stereocenters. The molecule has 5 nitrogen and oxygen atoms in total. The van der Waals surface area contributed by atoms with Crippen LogP contribution in [-0.4, -0.2) is 46.7 Å². The molecule has 0 amide bonds. The largest absolute Gasteiger partial charge is 0.378 e. The van der Waals surface area contributed by atoms with Crippen LogP contribution >= 0.6 is 0 Å². The summed E-state index contributed by atoms with van der Waals surface area (Å²) < 4.78 is 5.51. The van der Waals surface area contributed by atoms with Gasteiger partial charge in [-0.25, -0.2) is 4.98 Å². The van der Waals surface area contributed by atoms with Crippen molar-refractivity contribution in [2.75, 3.05) is 26.8 Å². The molecule has 0 radical (unpaired) electrons. The molecule has 0 bridgehead atoms. The summed E-state index contributed by atoms with van der Waals surface area (Å²) in [6, 6.07) is 4.16. The Morgan fingerprint density at radius 2 is 2.22 bits per heavy atom. The molecule has 1 saturated heterocycles. The molecule has 0 saturated carbocycles. The van der Waals surface area contributed by atoms with Crippen molar-refractivity contribution >= 4 is 0 Å². The molecule has 18 heavy (non-hydrogen) atoms. The summed E-state index contributed by atoms with van der Waals surface area (Å²) >= 11 is 0. The number of ether oxygens (including phenoxy) is 1. The molecule has 1 aliphatic heterocycles. The van der Waals surface area contributed by atoms with Gasteiger partial charge in [0.2, 0.25) is 0 Å². The fourth-order valence-corrected chi connectivity index (χ4v) is 2.16. The van der Waals surface area contributed by atoms with E-state index in [1.807, 2.05) is 18.3 Å². The van der Waals surface area contributed by atoms with E-state index in [0.717, 1.165) is 30.2 Å². The highest BCUT2D eigenvalue weighted by Crippen LogP contribution is 2.23. The Morgan fingerprint density at radius 1 is 1.39 bits per heavy atom. The Hall–Kier alpha value is -1.72. The number of likely N-dealkylation sites (N-methyl/N-ethyl adjacent to an activating group) is 1. The summed E-state index contributed by atoms with van der Waals surface area (Å²) in [7, 11) is 2.10. The first-order valence-electron chi connectivity index (χ1n) is 6.08. The van der Waals surface area contributed by atoms with E-state index in [9.17, 15) is 0 Å². The third kappa shape index (κ3) is 2.14. The van der Waals surface area contributed by atoms with Gasteiger partial charge < -0.3 is 9.72 Å². The molecular weight excluding hydrogens is 228 g/mol. The summed E-state index contributed by atoms with van der Waals surface area (Å²) in [5.41, 5.74) is 2.12. The Bertz CT molecular complexity index is 511. The number of pyridine rings is 1. The van der Waals surface area contributed by atoms with Gasteiger partial charge in [0.1, 0.15) is 5.82 Å². The van der Waals surface area contributed by atoms with Crippen molar-refractivity contribution in [1.29, 1.82) is 0 Å². The number of hydrogen-bond donors (Lipinski definition) is 1. The Morgan fingerprint density at radius 3 is 3.00 bits per heavy atom. The lowest BCUT2D eigenvalue weighted by Gasteiger charge is -2.30. The highest BCUT2D eigenvalue weighted by Gasteiger charge is 2.23. The van der Waals surface area contributed by atoms with E-state index in [1.165, 1.54) is 0 Å². The monoisotopic (exact) mass is 244 g/mol. The van der Waals surface area contributed by atoms with Crippen LogP contribution in [0.5, 0.6) is 0 Å². The van der Waals surface area contributed by atoms with Crippen molar-refractivity contribution in [3.05, 3.63) is 36.5 Å². The SMILES string of the molecule is CN1CCOC[C@H]1c1ncc(-c2ccncc2)[nH]1. The molecule has 0 aliphatic carbocycles. The quantitative estimate of drug-likeness (QED) is 0.869. The van der Waals surface area contributed by atoms with Crippen LogP contribution in [0.25, 0.3) is 11.3 Å². The van der Waals surface area contributed by atoms with E-state index < -0.39 is 0 Å². The summed E-state index contributed by atoms with van der Waals surface area (Å²) in [6.07, 6.45) is 5.44. The first kappa shape index (κ1) is 11.4. The van der Waals surface area contributed by atoms with Crippen LogP contribution in [-0.2, 0) is 4.74 Å². The number of aromatic amines is 1. The summed E-state index contributed by atoms with van der Waals surface area (Å²) in [5, 5.41) is 0. The van der Waals surface area contributed by atoms with Crippen LogP contribution in [0.4, 0.5) is 0 Å². The standard InChI is InChI=1S/C13H16N4O/c1-17-6-7-18-9-12(17)13-15-8-11(16-13)10-2-4-14-5-3-10/h2-5,8,12H,6-7,9H2,1H3,(H,15,16)/t12-/m0/s1. The van der Waals surface area contributed by atoms with Crippen molar-refractivity contribution in [2.45, 2.75) is 6.04 Å². The number of hydrogen-bond acceptors (Lipinski definition) is 4. The third-order valence-electron chi connectivity index (χ3n) is 3.30. The molecule has 0 spiro atoms. The minimum absolute atomic E-state index is 0.217. The lowest BCUT2D eigenvalue weighted by atomic mass is 10.2. The van der Waals surface area contributed by atoms with Crippen LogP contribution < -0.4 is 0 Å². The minimum Gasteiger partial charge on any atom is -0.378 e. The first-order chi connectivity index (χ1) is 8.84. The number of H-pyrrole nitrogens is 1. The lowest BCUT2D eigenvalue weighted by Crippen LogP contribution is -2.37. The first-order valence-corrected chi connectivity index (χ1v) is 6.08. The van der Waals surface area contributed by atoms with E-state index in [0.29, 0.717) is 6.61 Å². The smallest absolute Gasteiger partial charge is 0.126 e. The van der Waals surface area contributed by atoms with Gasteiger partial charge >= 0.3 is 0 Å². The number of nitrogens with one attached hydrogen (secondary N) is 1. The molecular formula is C13H16N4O. The van der Waals surface area contributed by atoms with E-state index in [2.05, 4.69) is 26.9 Å². The Kier molecular flexibility index (Phi) is 3.08. The van der Waals surface area contributed by atoms with Gasteiger partial charge in [-0.2, -0.15) is 0 Å². The molecule has 1 N–H and O–H groups in total. The van der Waals surface area contributed by atoms with Gasteiger partial charge in [-0.1, -0.05) is 0 Å². The third-order valence-corrected chi connectivity index (χ3v) is 3.30. The predicted octanol–water partition coefficient (Wildman–Crippen LogP) is 1.47. The zero-order chi connectivity index (χ0) is 12.4. The normalized spacial score (nSPS) is 21.1. The zero-order valence-electron chi connectivity index (χ0n) is 10.3. The van der Waals surface area contributed by atoms with Gasteiger partial charge in [0.05, 0.1) is 31.1 Å². The summed E-state index contributed by atoms with van der Waals surface area (Å²) in [4.78, 5) is 14.1. The second-order valence-electron chi connectivity index (χ2n) is 4.49. The number of aromatic nitrogens is 3. The fourth-order valence-electron chi connectivity index (χ4n) is 2.16. The summed E-state index contributed by atoms with van der Waals surface area (Å²) in [5.74, 6) is 0.962. The van der Waals surface area contributed by atoms with Gasteiger partial charge in [-0.15, -0.1) is 0 Å². The average molecular weight is 244 g/mol. The van der Waals surface area contributed by atoms with Crippen molar-refractivity contribution in [3.8, 4) is 11.3 Å². The maximum atomic E-state index is 5.51. The Labute approximate surface area is 106 Å². The second-order valence-corrected chi connectivity index (χ2v) is 4.49. The van der Waals surface area contributed by atoms with E-state index in [-0.39, 0.29) is 6.04 Å². The van der Waals surface area contributed by atoms with Crippen molar-refractivity contribution in [1.82, 2.24) is 19.9 Å². The van der Waals surface area contributed by atoms with Gasteiger partial charge in [-0.3, -0.25) is 9.88 Å². The van der Waals surface area contributed by atoms with Crippen LogP contribution in [0, 0.1) is 0 Å². The maximum Gasteiger partial charge on any atom is 0.126 e. The maximum absolute atomic E-state index is 5.51. The molecule has 94 valence electrons. The van der Waals surface area contributed by atoms with E-state index >= 15 is 0 Å². The van der Waals surface area contributed by atoms with Crippen molar-refractivity contribution < 1.29 is 4.74 Å². The molecule has 5 heteroatoms. The van der Waals surface area contributed by atoms with Crippen LogP contribution in [0.1, 0.15) is 11.9 Å². The minimum atomic E-state index is 0.217. The molecule has 0 unspecified atom stereocenters. The van der Waals surface area contributed by atoms with Crippen LogP contribution in [0.2, 0.25) is 0 Å². The van der Waals surface area contributed by atoms with Gasteiger partial charge in [0.15, 0.2) is 0 Å². The number of rotatable bonds is 2. The van der Waals surface area contributed by atoms with Crippen molar-refractivity contribution in [3.63, 3.8) is 0 Å². The van der Waals surface area contributed by atoms with Crippen molar-refractivity contribution in [2.24, 2.45) is 0 Å². The zero-order valence-corrected chi connectivity index (χ0v) is 10.3. The molecule has 3 heterocycles. The van der Waals surface area contributed by atoms with E-state index in [1.54, 1.807) is 12.4 Å². The molecule has 3 rings (SSSR count). The molecule has 1 aliphatic rings. The Balaban J connectivity index is 1.85. The topological polar surface area (TPSA) is 54.0 Å². The lowest BCUT2D eigenvalue weighted by molar-refractivity contribution is 0.00215. The van der Waals surface area contributed by atoms with Crippen LogP contribution in [0.3, 0.4) is 0 Å². The molecule has 0 aromatic carbocycles. The number of nitrogens with zero attached hydrogens (tertiary/aromatic N) is 3. The number of morpholine rings is 1. The molecule has 2 aromatic rings. The molecule has 1 fully saturated rings. The average Bonchev–Trinajstić information content (AvgIpc) is 2.90. The predicted molar refractivity (Wildman–Crippen MR) is 68.0 cm³/mol. The molecule has 2 aromatic heterocycles. The highest BCUT2D eigenvalue weighted by atomic mass is 16.5. The second kappa shape index (κ2) is 4.88. The van der Waals surface area contributed by atoms with Gasteiger partial charge in [0, 0.05) is 24.5 Å². The summed E-state index contributed by atoms with van der Waals surface area (Å²) in [6.45, 7) is 2.43. The van der Waals surface area contributed by atoms with Gasteiger partial charge in [0.25, 0.3) is 0 Å². The van der Waals surface area contributed by atoms with Crippen LogP contribution in [0.15, 0.2) is 30.7 Å². The van der Waals surface area contributed by atoms with Gasteiger partial charge in [-0.05, 0) is 19.2 Å². The number of imidazole rings is 1.